The van der Waals surface area contributed by atoms with Crippen molar-refractivity contribution in [1.29, 1.82) is 0 Å². The van der Waals surface area contributed by atoms with Gasteiger partial charge in [0.05, 0.1) is 11.3 Å². The first-order chi connectivity index (χ1) is 8.69. The number of ether oxygens (including phenoxy) is 1. The molecule has 0 spiro atoms. The molecule has 0 aliphatic rings. The number of nitrogens with one attached hydrogen (secondary N) is 1. The molecule has 6 nitrogen and oxygen atoms in total. The van der Waals surface area contributed by atoms with Crippen molar-refractivity contribution in [3.8, 4) is 5.75 Å². The van der Waals surface area contributed by atoms with E-state index in [0.29, 0.717) is 0 Å². The third kappa shape index (κ3) is 4.74. The molecule has 0 aliphatic carbocycles. The number of aromatic hydroxyl groups is 1. The number of hydrogen-bond acceptors (Lipinski definition) is 4. The van der Waals surface area contributed by atoms with Gasteiger partial charge in [-0.15, -0.1) is 0 Å². The summed E-state index contributed by atoms with van der Waals surface area (Å²) in [4.78, 5) is 21.5. The van der Waals surface area contributed by atoms with Gasteiger partial charge in [0.25, 0.3) is 0 Å². The number of rotatable bonds is 3. The van der Waals surface area contributed by atoms with Gasteiger partial charge in [-0.25, -0.2) is 9.59 Å². The second-order valence-corrected chi connectivity index (χ2v) is 3.35. The van der Waals surface area contributed by atoms with E-state index < -0.39 is 30.6 Å². The van der Waals surface area contributed by atoms with Crippen molar-refractivity contribution in [2.75, 3.05) is 11.9 Å². The van der Waals surface area contributed by atoms with Crippen molar-refractivity contribution in [1.82, 2.24) is 0 Å². The Balaban J connectivity index is 2.67. The molecule has 3 N–H and O–H groups in total. The lowest BCUT2D eigenvalue weighted by Gasteiger charge is -2.10. The monoisotopic (exact) mass is 279 g/mol. The lowest BCUT2D eigenvalue weighted by Crippen LogP contribution is -2.23. The van der Waals surface area contributed by atoms with Crippen LogP contribution in [0, 0.1) is 0 Å². The molecule has 9 heteroatoms. The van der Waals surface area contributed by atoms with Gasteiger partial charge < -0.3 is 14.9 Å². The van der Waals surface area contributed by atoms with Crippen LogP contribution in [0.15, 0.2) is 18.2 Å². The second-order valence-electron chi connectivity index (χ2n) is 3.35. The maximum Gasteiger partial charge on any atom is 0.422 e. The lowest BCUT2D eigenvalue weighted by atomic mass is 10.2. The molecule has 0 heterocycles. The molecule has 0 unspecified atom stereocenters. The smallest absolute Gasteiger partial charge is 0.422 e. The number of halogens is 3. The third-order valence-electron chi connectivity index (χ3n) is 1.85. The van der Waals surface area contributed by atoms with Gasteiger partial charge in [-0.3, -0.25) is 5.32 Å². The molecule has 0 bridgehead atoms. The van der Waals surface area contributed by atoms with Crippen molar-refractivity contribution in [2.24, 2.45) is 0 Å². The molecule has 19 heavy (non-hydrogen) atoms. The zero-order valence-electron chi connectivity index (χ0n) is 9.19. The number of anilines is 1. The highest BCUT2D eigenvalue weighted by molar-refractivity contribution is 5.91. The Kier molecular flexibility index (Phi) is 4.20. The van der Waals surface area contributed by atoms with E-state index in [9.17, 15) is 27.9 Å². The summed E-state index contributed by atoms with van der Waals surface area (Å²) in [7, 11) is 0. The number of aromatic carboxylic acids is 1. The summed E-state index contributed by atoms with van der Waals surface area (Å²) in [5.74, 6) is -1.91. The van der Waals surface area contributed by atoms with E-state index in [2.05, 4.69) is 4.74 Å². The molecule has 1 rings (SSSR count). The van der Waals surface area contributed by atoms with E-state index in [-0.39, 0.29) is 11.3 Å². The molecule has 104 valence electrons. The van der Waals surface area contributed by atoms with Crippen LogP contribution in [-0.4, -0.2) is 35.1 Å². The van der Waals surface area contributed by atoms with Crippen LogP contribution in [0.25, 0.3) is 0 Å². The molecule has 0 fully saturated rings. The Morgan fingerprint density at radius 2 is 1.95 bits per heavy atom. The minimum absolute atomic E-state index is 0.244. The first kappa shape index (κ1) is 14.6. The maximum atomic E-state index is 11.8. The van der Waals surface area contributed by atoms with Gasteiger partial charge >= 0.3 is 18.2 Å². The second kappa shape index (κ2) is 5.46. The van der Waals surface area contributed by atoms with Gasteiger partial charge in [0.2, 0.25) is 0 Å². The summed E-state index contributed by atoms with van der Waals surface area (Å²) >= 11 is 0. The quantitative estimate of drug-likeness (QED) is 0.737. The highest BCUT2D eigenvalue weighted by Gasteiger charge is 2.29. The van der Waals surface area contributed by atoms with Crippen LogP contribution in [0.2, 0.25) is 0 Å². The predicted molar refractivity (Wildman–Crippen MR) is 56.1 cm³/mol. The Morgan fingerprint density at radius 1 is 1.32 bits per heavy atom. The summed E-state index contributed by atoms with van der Waals surface area (Å²) in [6, 6.07) is 2.91. The molecular formula is C10H8F3NO5. The van der Waals surface area contributed by atoms with Crippen molar-refractivity contribution < 1.29 is 37.7 Å². The lowest BCUT2D eigenvalue weighted by molar-refractivity contribution is -0.159. The fraction of sp³-hybridized carbons (Fsp3) is 0.200. The number of carboxylic acid groups (broad SMARTS) is 1. The normalized spacial score (nSPS) is 10.9. The fourth-order valence-corrected chi connectivity index (χ4v) is 1.06. The first-order valence-electron chi connectivity index (χ1n) is 4.76. The van der Waals surface area contributed by atoms with Gasteiger partial charge in [0.15, 0.2) is 6.61 Å². The van der Waals surface area contributed by atoms with Gasteiger partial charge in [-0.2, -0.15) is 13.2 Å². The summed E-state index contributed by atoms with van der Waals surface area (Å²) in [6.07, 6.45) is -6.08. The number of phenolic OH excluding ortho intramolecular Hbond substituents is 1. The number of carbonyl (C=O) groups excluding carboxylic acids is 1. The van der Waals surface area contributed by atoms with E-state index in [1.54, 1.807) is 0 Å². The molecule has 0 atom stereocenters. The number of carboxylic acids is 1. The minimum atomic E-state index is -4.66. The molecule has 1 aromatic rings. The topological polar surface area (TPSA) is 95.9 Å². The highest BCUT2D eigenvalue weighted by atomic mass is 19.4. The largest absolute Gasteiger partial charge is 0.506 e. The number of phenols is 1. The molecule has 1 amide bonds. The van der Waals surface area contributed by atoms with E-state index >= 15 is 0 Å². The van der Waals surface area contributed by atoms with Crippen LogP contribution in [0.5, 0.6) is 5.75 Å². The SMILES string of the molecule is O=C(Nc1ccc(C(=O)O)cc1O)OCC(F)(F)F. The average molecular weight is 279 g/mol. The zero-order valence-corrected chi connectivity index (χ0v) is 9.19. The number of hydrogen-bond donors (Lipinski definition) is 3. The summed E-state index contributed by atoms with van der Waals surface area (Å²) < 4.78 is 39.1. The molecule has 0 aromatic heterocycles. The number of benzene rings is 1. The van der Waals surface area contributed by atoms with Crippen molar-refractivity contribution in [3.05, 3.63) is 23.8 Å². The maximum absolute atomic E-state index is 11.8. The average Bonchev–Trinajstić information content (AvgIpc) is 2.28. The Hall–Kier alpha value is -2.45. The molecule has 0 aliphatic heterocycles. The highest BCUT2D eigenvalue weighted by Crippen LogP contribution is 2.24. The third-order valence-corrected chi connectivity index (χ3v) is 1.85. The van der Waals surface area contributed by atoms with Gasteiger partial charge in [0.1, 0.15) is 5.75 Å². The number of carbonyl (C=O) groups is 2. The van der Waals surface area contributed by atoms with Gasteiger partial charge in [0, 0.05) is 0 Å². The van der Waals surface area contributed by atoms with Crippen LogP contribution in [0.4, 0.5) is 23.7 Å². The summed E-state index contributed by atoms with van der Waals surface area (Å²) in [5.41, 5.74) is -0.510. The minimum Gasteiger partial charge on any atom is -0.506 e. The fourth-order valence-electron chi connectivity index (χ4n) is 1.06. The van der Waals surface area contributed by atoms with Crippen LogP contribution in [-0.2, 0) is 4.74 Å². The standard InChI is InChI=1S/C10H8F3NO5/c11-10(12,13)4-19-9(18)14-6-2-1-5(8(16)17)3-7(6)15/h1-3,15H,4H2,(H,14,18)(H,16,17). The summed E-state index contributed by atoms with van der Waals surface area (Å²) in [5, 5.41) is 19.8. The Morgan fingerprint density at radius 3 is 2.42 bits per heavy atom. The Labute approximate surface area is 104 Å². The Bertz CT molecular complexity index is 500. The summed E-state index contributed by atoms with van der Waals surface area (Å²) in [6.45, 7) is -1.77. The van der Waals surface area contributed by atoms with E-state index in [1.165, 1.54) is 0 Å². The van der Waals surface area contributed by atoms with Gasteiger partial charge in [-0.1, -0.05) is 0 Å². The van der Waals surface area contributed by atoms with Crippen LogP contribution in [0.3, 0.4) is 0 Å². The zero-order chi connectivity index (χ0) is 14.6. The van der Waals surface area contributed by atoms with Crippen molar-refractivity contribution in [3.63, 3.8) is 0 Å². The van der Waals surface area contributed by atoms with Crippen LogP contribution in [0.1, 0.15) is 10.4 Å². The van der Waals surface area contributed by atoms with Crippen LogP contribution >= 0.6 is 0 Å². The molecule has 0 saturated carbocycles. The van der Waals surface area contributed by atoms with E-state index in [4.69, 9.17) is 5.11 Å². The molecule has 0 radical (unpaired) electrons. The van der Waals surface area contributed by atoms with Crippen molar-refractivity contribution in [2.45, 2.75) is 6.18 Å². The molecular weight excluding hydrogens is 271 g/mol. The van der Waals surface area contributed by atoms with Gasteiger partial charge in [-0.05, 0) is 18.2 Å². The molecule has 0 saturated heterocycles. The van der Waals surface area contributed by atoms with Crippen molar-refractivity contribution >= 4 is 17.7 Å². The van der Waals surface area contributed by atoms with Crippen LogP contribution < -0.4 is 5.32 Å². The predicted octanol–water partition coefficient (Wildman–Crippen LogP) is 2.20. The molecule has 1 aromatic carbocycles. The van der Waals surface area contributed by atoms with E-state index in [1.807, 2.05) is 5.32 Å². The van der Waals surface area contributed by atoms with E-state index in [0.717, 1.165) is 18.2 Å². The number of amides is 1. The number of alkyl halides is 3. The first-order valence-corrected chi connectivity index (χ1v) is 4.76.